The molecule has 1 aromatic carbocycles. The van der Waals surface area contributed by atoms with Crippen LogP contribution < -0.4 is 4.72 Å². The Morgan fingerprint density at radius 2 is 1.92 bits per heavy atom. The molecule has 0 bridgehead atoms. The Balaban J connectivity index is 1.41. The lowest BCUT2D eigenvalue weighted by Gasteiger charge is -2.53. The van der Waals surface area contributed by atoms with Gasteiger partial charge in [0.15, 0.2) is 0 Å². The molecule has 0 saturated carbocycles. The fourth-order valence-electron chi connectivity index (χ4n) is 3.62. The van der Waals surface area contributed by atoms with Gasteiger partial charge in [0.1, 0.15) is 0 Å². The highest BCUT2D eigenvalue weighted by Crippen LogP contribution is 2.36. The highest BCUT2D eigenvalue weighted by atomic mass is 32.2. The first-order valence-corrected chi connectivity index (χ1v) is 10.7. The normalized spacial score (nSPS) is 24.0. The number of hydrogen-bond acceptors (Lipinski definition) is 4. The van der Waals surface area contributed by atoms with Crippen LogP contribution in [-0.2, 0) is 27.7 Å². The van der Waals surface area contributed by atoms with Crippen molar-refractivity contribution in [1.82, 2.24) is 9.62 Å². The number of ether oxygens (including phenoxy) is 1. The summed E-state index contributed by atoms with van der Waals surface area (Å²) >= 11 is 0. The molecule has 1 aromatic rings. The Labute approximate surface area is 145 Å². The summed E-state index contributed by atoms with van der Waals surface area (Å²) in [7, 11) is -3.11. The van der Waals surface area contributed by atoms with E-state index < -0.39 is 10.0 Å². The Morgan fingerprint density at radius 3 is 2.46 bits per heavy atom. The third kappa shape index (κ3) is 4.57. The van der Waals surface area contributed by atoms with Gasteiger partial charge in [0.25, 0.3) is 0 Å². The van der Waals surface area contributed by atoms with Crippen LogP contribution in [0.1, 0.15) is 30.9 Å². The number of sulfonamides is 1. The van der Waals surface area contributed by atoms with Crippen LogP contribution in [-0.4, -0.2) is 51.4 Å². The summed E-state index contributed by atoms with van der Waals surface area (Å²) in [6.45, 7) is 6.26. The average molecular weight is 353 g/mol. The molecule has 134 valence electrons. The molecule has 2 aliphatic rings. The topological polar surface area (TPSA) is 58.6 Å². The zero-order valence-electron chi connectivity index (χ0n) is 14.6. The quantitative estimate of drug-likeness (QED) is 0.848. The minimum absolute atomic E-state index is 0.00491. The third-order valence-corrected chi connectivity index (χ3v) is 5.82. The maximum Gasteiger partial charge on any atom is 0.208 e. The van der Waals surface area contributed by atoms with Crippen LogP contribution in [0.5, 0.6) is 0 Å². The van der Waals surface area contributed by atoms with Crippen LogP contribution in [0.15, 0.2) is 24.3 Å². The Hall–Kier alpha value is -0.950. The van der Waals surface area contributed by atoms with Crippen LogP contribution in [0, 0.1) is 5.92 Å². The van der Waals surface area contributed by atoms with Crippen LogP contribution in [0.3, 0.4) is 0 Å². The van der Waals surface area contributed by atoms with E-state index in [1.54, 1.807) is 0 Å². The van der Waals surface area contributed by atoms with Crippen molar-refractivity contribution in [2.75, 3.05) is 32.5 Å². The van der Waals surface area contributed by atoms with Gasteiger partial charge in [0, 0.05) is 26.2 Å². The second-order valence-electron chi connectivity index (χ2n) is 7.33. The van der Waals surface area contributed by atoms with Gasteiger partial charge >= 0.3 is 0 Å². The van der Waals surface area contributed by atoms with Crippen molar-refractivity contribution in [1.29, 1.82) is 0 Å². The van der Waals surface area contributed by atoms with Crippen molar-refractivity contribution in [2.45, 2.75) is 38.3 Å². The molecule has 0 unspecified atom stereocenters. The SMILES string of the molecule is CCc1ccc(CN2CC3(CC[C@H](CNS(C)(=O)=O)CO3)C2)cc1. The standard InChI is InChI=1S/C18H28N2O3S/c1-3-15-4-6-16(7-5-15)11-20-13-18(14-20)9-8-17(12-23-18)10-19-24(2,21)22/h4-7,17,19H,3,8-14H2,1-2H3/t17-/m1/s1. The maximum atomic E-state index is 11.2. The number of likely N-dealkylation sites (tertiary alicyclic amines) is 1. The van der Waals surface area contributed by atoms with Crippen LogP contribution in [0.25, 0.3) is 0 Å². The molecule has 1 atom stereocenters. The summed E-state index contributed by atoms with van der Waals surface area (Å²) < 4.78 is 31.0. The smallest absolute Gasteiger partial charge is 0.208 e. The molecular weight excluding hydrogens is 324 g/mol. The Bertz CT molecular complexity index is 641. The molecule has 0 radical (unpaired) electrons. The van der Waals surface area contributed by atoms with Crippen LogP contribution in [0.4, 0.5) is 0 Å². The highest BCUT2D eigenvalue weighted by Gasteiger charge is 2.46. The zero-order chi connectivity index (χ0) is 17.2. The second kappa shape index (κ2) is 7.12. The van der Waals surface area contributed by atoms with E-state index in [4.69, 9.17) is 4.74 Å². The molecule has 5 nitrogen and oxygen atoms in total. The molecule has 0 aromatic heterocycles. The van der Waals surface area contributed by atoms with E-state index in [0.29, 0.717) is 19.1 Å². The van der Waals surface area contributed by atoms with Gasteiger partial charge in [-0.3, -0.25) is 4.90 Å². The van der Waals surface area contributed by atoms with E-state index in [9.17, 15) is 8.42 Å². The number of hydrogen-bond donors (Lipinski definition) is 1. The van der Waals surface area contributed by atoms with Gasteiger partial charge in [-0.05, 0) is 36.3 Å². The van der Waals surface area contributed by atoms with Crippen molar-refractivity contribution in [3.8, 4) is 0 Å². The summed E-state index contributed by atoms with van der Waals surface area (Å²) in [6.07, 6.45) is 4.33. The molecule has 2 fully saturated rings. The van der Waals surface area contributed by atoms with E-state index in [1.165, 1.54) is 17.4 Å². The second-order valence-corrected chi connectivity index (χ2v) is 9.17. The predicted octanol–water partition coefficient (Wildman–Crippen LogP) is 1.78. The first kappa shape index (κ1) is 17.9. The first-order chi connectivity index (χ1) is 11.4. The third-order valence-electron chi connectivity index (χ3n) is 5.13. The largest absolute Gasteiger partial charge is 0.372 e. The Morgan fingerprint density at radius 1 is 1.25 bits per heavy atom. The molecular formula is C18H28N2O3S. The summed E-state index contributed by atoms with van der Waals surface area (Å²) in [5.41, 5.74) is 2.74. The first-order valence-electron chi connectivity index (χ1n) is 8.76. The molecule has 0 aliphatic carbocycles. The minimum Gasteiger partial charge on any atom is -0.372 e. The number of nitrogens with zero attached hydrogens (tertiary/aromatic N) is 1. The summed E-state index contributed by atoms with van der Waals surface area (Å²) in [6, 6.07) is 8.86. The molecule has 2 aliphatic heterocycles. The summed E-state index contributed by atoms with van der Waals surface area (Å²) in [4.78, 5) is 2.43. The lowest BCUT2D eigenvalue weighted by Crippen LogP contribution is -2.64. The van der Waals surface area contributed by atoms with E-state index in [2.05, 4.69) is 40.8 Å². The number of rotatable bonds is 6. The van der Waals surface area contributed by atoms with Gasteiger partial charge in [-0.1, -0.05) is 31.2 Å². The zero-order valence-corrected chi connectivity index (χ0v) is 15.4. The van der Waals surface area contributed by atoms with E-state index >= 15 is 0 Å². The Kier molecular flexibility index (Phi) is 5.30. The molecule has 2 saturated heterocycles. The molecule has 1 N–H and O–H groups in total. The number of nitrogens with one attached hydrogen (secondary N) is 1. The van der Waals surface area contributed by atoms with Crippen molar-refractivity contribution >= 4 is 10.0 Å². The summed E-state index contributed by atoms with van der Waals surface area (Å²) in [5.74, 6) is 0.293. The van der Waals surface area contributed by atoms with Crippen molar-refractivity contribution in [3.05, 3.63) is 35.4 Å². The fraction of sp³-hybridized carbons (Fsp3) is 0.667. The lowest BCUT2D eigenvalue weighted by molar-refractivity contribution is -0.181. The van der Waals surface area contributed by atoms with Gasteiger partial charge in [-0.25, -0.2) is 13.1 Å². The molecule has 2 heterocycles. The van der Waals surface area contributed by atoms with Crippen LogP contribution in [0.2, 0.25) is 0 Å². The lowest BCUT2D eigenvalue weighted by atomic mass is 9.83. The van der Waals surface area contributed by atoms with Gasteiger partial charge in [-0.15, -0.1) is 0 Å². The van der Waals surface area contributed by atoms with E-state index in [0.717, 1.165) is 38.9 Å². The molecule has 6 heteroatoms. The predicted molar refractivity (Wildman–Crippen MR) is 95.4 cm³/mol. The fourth-order valence-corrected chi connectivity index (χ4v) is 4.15. The van der Waals surface area contributed by atoms with Gasteiger partial charge in [0.05, 0.1) is 18.5 Å². The summed E-state index contributed by atoms with van der Waals surface area (Å²) in [5, 5.41) is 0. The maximum absolute atomic E-state index is 11.2. The molecule has 1 spiro atoms. The average Bonchev–Trinajstić information content (AvgIpc) is 2.53. The number of benzene rings is 1. The van der Waals surface area contributed by atoms with Crippen molar-refractivity contribution in [2.24, 2.45) is 5.92 Å². The molecule has 24 heavy (non-hydrogen) atoms. The number of aryl methyl sites for hydroxylation is 1. The van der Waals surface area contributed by atoms with E-state index in [1.807, 2.05) is 0 Å². The van der Waals surface area contributed by atoms with Crippen molar-refractivity contribution in [3.63, 3.8) is 0 Å². The molecule has 3 rings (SSSR count). The van der Waals surface area contributed by atoms with Gasteiger partial charge in [0.2, 0.25) is 10.0 Å². The van der Waals surface area contributed by atoms with E-state index in [-0.39, 0.29) is 5.60 Å². The van der Waals surface area contributed by atoms with Crippen LogP contribution >= 0.6 is 0 Å². The van der Waals surface area contributed by atoms with Gasteiger partial charge < -0.3 is 4.74 Å². The van der Waals surface area contributed by atoms with Crippen molar-refractivity contribution < 1.29 is 13.2 Å². The van der Waals surface area contributed by atoms with Gasteiger partial charge in [-0.2, -0.15) is 0 Å². The minimum atomic E-state index is -3.11. The highest BCUT2D eigenvalue weighted by molar-refractivity contribution is 7.88. The molecule has 0 amide bonds. The monoisotopic (exact) mass is 352 g/mol.